The van der Waals surface area contributed by atoms with E-state index in [0.717, 1.165) is 53.8 Å². The highest BCUT2D eigenvalue weighted by molar-refractivity contribution is 7.73. The van der Waals surface area contributed by atoms with Gasteiger partial charge in [-0.05, 0) is 36.3 Å². The summed E-state index contributed by atoms with van der Waals surface area (Å²) in [6, 6.07) is 8.40. The molecule has 0 unspecified atom stereocenters. The zero-order valence-corrected chi connectivity index (χ0v) is 14.9. The Morgan fingerprint density at radius 1 is 1.35 bits per heavy atom. The van der Waals surface area contributed by atoms with Gasteiger partial charge in [0.25, 0.3) is 0 Å². The summed E-state index contributed by atoms with van der Waals surface area (Å²) >= 11 is 6.94. The predicted octanol–water partition coefficient (Wildman–Crippen LogP) is 1.98. The number of rotatable bonds is 5. The number of nitrogens with one attached hydrogen (secondary N) is 2. The quantitative estimate of drug-likeness (QED) is 0.721. The average molecular weight is 352 g/mol. The molecule has 1 saturated heterocycles. The minimum Gasteiger partial charge on any atom is -0.393 e. The molecular formula is C16H23N4OS2+. The van der Waals surface area contributed by atoms with Gasteiger partial charge >= 0.3 is 0 Å². The van der Waals surface area contributed by atoms with Crippen molar-refractivity contribution in [2.24, 2.45) is 0 Å². The van der Waals surface area contributed by atoms with Gasteiger partial charge < -0.3 is 15.3 Å². The van der Waals surface area contributed by atoms with Crippen LogP contribution in [-0.4, -0.2) is 34.1 Å². The summed E-state index contributed by atoms with van der Waals surface area (Å²) in [7, 11) is 0. The summed E-state index contributed by atoms with van der Waals surface area (Å²) in [4.78, 5) is 1.43. The molecule has 5 nitrogen and oxygen atoms in total. The lowest BCUT2D eigenvalue weighted by Crippen LogP contribution is -3.12. The molecule has 0 amide bonds. The van der Waals surface area contributed by atoms with Crippen LogP contribution < -0.4 is 10.2 Å². The Morgan fingerprint density at radius 3 is 2.70 bits per heavy atom. The molecule has 7 heteroatoms. The lowest BCUT2D eigenvalue weighted by Gasteiger charge is -2.26. The van der Waals surface area contributed by atoms with E-state index in [0.29, 0.717) is 0 Å². The van der Waals surface area contributed by atoms with Crippen molar-refractivity contribution in [2.45, 2.75) is 39.0 Å². The number of anilines is 2. The van der Waals surface area contributed by atoms with Crippen molar-refractivity contribution in [1.29, 1.82) is 0 Å². The van der Waals surface area contributed by atoms with Crippen LogP contribution in [0, 0.1) is 3.95 Å². The van der Waals surface area contributed by atoms with Crippen LogP contribution in [-0.2, 0) is 13.1 Å². The van der Waals surface area contributed by atoms with Gasteiger partial charge in [-0.25, -0.2) is 0 Å². The molecule has 1 aromatic carbocycles. The molecule has 0 saturated carbocycles. The van der Waals surface area contributed by atoms with Crippen molar-refractivity contribution >= 4 is 34.4 Å². The molecule has 2 aromatic rings. The normalized spacial score (nSPS) is 21.3. The van der Waals surface area contributed by atoms with Crippen LogP contribution in [0.3, 0.4) is 0 Å². The highest BCUT2D eigenvalue weighted by Crippen LogP contribution is 2.20. The maximum absolute atomic E-state index is 9.59. The average Bonchev–Trinajstić information content (AvgIpc) is 2.90. The van der Waals surface area contributed by atoms with Gasteiger partial charge in [0.15, 0.2) is 10.6 Å². The molecular weight excluding hydrogens is 328 g/mol. The Hall–Kier alpha value is -1.28. The van der Waals surface area contributed by atoms with Crippen LogP contribution in [0.5, 0.6) is 0 Å². The van der Waals surface area contributed by atoms with Crippen LogP contribution in [0.15, 0.2) is 24.3 Å². The second-order valence-corrected chi connectivity index (χ2v) is 7.61. The molecule has 23 heavy (non-hydrogen) atoms. The molecule has 0 bridgehead atoms. The zero-order chi connectivity index (χ0) is 16.2. The lowest BCUT2D eigenvalue weighted by molar-refractivity contribution is -0.929. The summed E-state index contributed by atoms with van der Waals surface area (Å²) < 4.78 is 2.69. The molecule has 3 N–H and O–H groups in total. The summed E-state index contributed by atoms with van der Waals surface area (Å²) in [5.74, 6) is 0. The first-order valence-corrected chi connectivity index (χ1v) is 9.32. The van der Waals surface area contributed by atoms with Gasteiger partial charge in [0.1, 0.15) is 0 Å². The van der Waals surface area contributed by atoms with E-state index in [1.165, 1.54) is 21.8 Å². The second kappa shape index (κ2) is 7.53. The Labute approximate surface area is 145 Å². The van der Waals surface area contributed by atoms with Crippen molar-refractivity contribution < 1.29 is 10.0 Å². The zero-order valence-electron chi connectivity index (χ0n) is 13.3. The van der Waals surface area contributed by atoms with Crippen molar-refractivity contribution in [1.82, 2.24) is 9.78 Å². The van der Waals surface area contributed by atoms with Crippen LogP contribution in [0.4, 0.5) is 10.8 Å². The van der Waals surface area contributed by atoms with E-state index >= 15 is 0 Å². The van der Waals surface area contributed by atoms with Gasteiger partial charge in [0.2, 0.25) is 5.13 Å². The molecule has 1 fully saturated rings. The number of aryl methyl sites for hydroxylation is 1. The minimum atomic E-state index is -0.134. The van der Waals surface area contributed by atoms with E-state index in [-0.39, 0.29) is 6.10 Å². The molecule has 3 rings (SSSR count). The first kappa shape index (κ1) is 16.6. The fourth-order valence-electron chi connectivity index (χ4n) is 2.78. The van der Waals surface area contributed by atoms with E-state index in [9.17, 15) is 5.11 Å². The summed E-state index contributed by atoms with van der Waals surface area (Å²) in [6.45, 7) is 4.87. The Bertz CT molecular complexity index is 687. The maximum atomic E-state index is 9.59. The highest BCUT2D eigenvalue weighted by atomic mass is 32.1. The Morgan fingerprint density at radius 2 is 2.04 bits per heavy atom. The van der Waals surface area contributed by atoms with E-state index in [4.69, 9.17) is 12.2 Å². The van der Waals surface area contributed by atoms with Crippen molar-refractivity contribution in [3.8, 4) is 0 Å². The third kappa shape index (κ3) is 4.38. The highest BCUT2D eigenvalue weighted by Gasteiger charge is 2.21. The number of aliphatic hydroxyl groups is 1. The Kier molecular flexibility index (Phi) is 5.42. The molecule has 1 aliphatic rings. The number of hydrogen-bond donors (Lipinski definition) is 3. The first-order valence-electron chi connectivity index (χ1n) is 8.09. The number of quaternary nitrogens is 1. The largest absolute Gasteiger partial charge is 0.393 e. The molecule has 0 spiro atoms. The van der Waals surface area contributed by atoms with E-state index in [1.54, 1.807) is 0 Å². The Balaban J connectivity index is 1.64. The van der Waals surface area contributed by atoms with Gasteiger partial charge in [-0.1, -0.05) is 30.4 Å². The molecule has 2 heterocycles. The monoisotopic (exact) mass is 351 g/mol. The number of piperidine rings is 1. The molecule has 1 aliphatic heterocycles. The number of nitrogens with zero attached hydrogens (tertiary/aromatic N) is 2. The van der Waals surface area contributed by atoms with E-state index < -0.39 is 0 Å². The van der Waals surface area contributed by atoms with Gasteiger partial charge in [-0.15, -0.1) is 5.10 Å². The molecule has 0 atom stereocenters. The molecule has 124 valence electrons. The summed E-state index contributed by atoms with van der Waals surface area (Å²) in [5, 5.41) is 18.3. The third-order valence-corrected chi connectivity index (χ3v) is 5.48. The first-order chi connectivity index (χ1) is 11.1. The molecule has 0 radical (unpaired) electrons. The number of aromatic nitrogens is 2. The fourth-order valence-corrected chi connectivity index (χ4v) is 3.81. The van der Waals surface area contributed by atoms with Crippen LogP contribution >= 0.6 is 23.6 Å². The number of likely N-dealkylation sites (tertiary alicyclic amines) is 1. The standard InChI is InChI=1S/C16H22N4OS2/c1-2-12-3-5-13(6-4-12)17-15-18-20(16(22)23-15)11-19-9-7-14(21)8-10-19/h3-6,14,21H,2,7-11H2,1H3,(H,17,18)/p+1. The number of hydrogen-bond acceptors (Lipinski definition) is 5. The molecule has 0 aliphatic carbocycles. The van der Waals surface area contributed by atoms with Crippen molar-refractivity contribution in [3.05, 3.63) is 33.8 Å². The SMILES string of the molecule is CCc1ccc(Nc2nn(C[NH+]3CCC(O)CC3)c(=S)s2)cc1. The van der Waals surface area contributed by atoms with Crippen LogP contribution in [0.2, 0.25) is 0 Å². The summed E-state index contributed by atoms with van der Waals surface area (Å²) in [6.07, 6.45) is 2.63. The maximum Gasteiger partial charge on any atom is 0.209 e. The second-order valence-electron chi connectivity index (χ2n) is 5.99. The molecule has 1 aromatic heterocycles. The number of aliphatic hydroxyl groups excluding tert-OH is 1. The van der Waals surface area contributed by atoms with Gasteiger partial charge in [0, 0.05) is 18.5 Å². The number of benzene rings is 1. The van der Waals surface area contributed by atoms with Gasteiger partial charge in [0.05, 0.1) is 19.2 Å². The summed E-state index contributed by atoms with van der Waals surface area (Å²) in [5.41, 5.74) is 2.36. The van der Waals surface area contributed by atoms with Gasteiger partial charge in [-0.3, -0.25) is 0 Å². The predicted molar refractivity (Wildman–Crippen MR) is 96.0 cm³/mol. The van der Waals surface area contributed by atoms with Crippen molar-refractivity contribution in [2.75, 3.05) is 18.4 Å². The fraction of sp³-hybridized carbons (Fsp3) is 0.500. The topological polar surface area (TPSA) is 54.5 Å². The minimum absolute atomic E-state index is 0.134. The van der Waals surface area contributed by atoms with Crippen LogP contribution in [0.1, 0.15) is 25.3 Å². The van der Waals surface area contributed by atoms with E-state index in [1.807, 2.05) is 4.68 Å². The smallest absolute Gasteiger partial charge is 0.209 e. The van der Waals surface area contributed by atoms with Crippen LogP contribution in [0.25, 0.3) is 0 Å². The lowest BCUT2D eigenvalue weighted by atomic mass is 10.1. The van der Waals surface area contributed by atoms with Gasteiger partial charge in [-0.2, -0.15) is 4.68 Å². The third-order valence-electron chi connectivity index (χ3n) is 4.26. The van der Waals surface area contributed by atoms with Crippen molar-refractivity contribution in [3.63, 3.8) is 0 Å². The van der Waals surface area contributed by atoms with E-state index in [2.05, 4.69) is 41.6 Å².